The maximum Gasteiger partial charge on any atom is 0.278 e. The molecule has 3 aromatic rings. The minimum atomic E-state index is -0.379. The van der Waals surface area contributed by atoms with E-state index in [9.17, 15) is 4.79 Å². The van der Waals surface area contributed by atoms with Crippen molar-refractivity contribution in [3.63, 3.8) is 0 Å². The van der Waals surface area contributed by atoms with E-state index in [-0.39, 0.29) is 12.2 Å². The molecule has 0 bridgehead atoms. The number of rotatable bonds is 8. The van der Waals surface area contributed by atoms with Crippen molar-refractivity contribution in [1.29, 1.82) is 0 Å². The zero-order chi connectivity index (χ0) is 24.0. The molecule has 0 aliphatic carbocycles. The number of hydroxylamine groups is 1. The molecule has 0 spiro atoms. The zero-order valence-electron chi connectivity index (χ0n) is 20.3. The molecule has 1 amide bonds. The molecule has 9 nitrogen and oxygen atoms in total. The molecule has 186 valence electrons. The van der Waals surface area contributed by atoms with E-state index in [1.807, 2.05) is 0 Å². The molecule has 1 unspecified atom stereocenters. The predicted octanol–water partition coefficient (Wildman–Crippen LogP) is 3.16. The SMILES string of the molecule is Cn1c(CNCC2CCN(c3ncc(C(=O)NOC4CCCCO4)cn3)CC2)cc2ccccc21. The normalized spacial score (nSPS) is 19.2. The first-order chi connectivity index (χ1) is 17.2. The van der Waals surface area contributed by atoms with Gasteiger partial charge in [-0.3, -0.25) is 4.79 Å². The Morgan fingerprint density at radius 2 is 1.94 bits per heavy atom. The van der Waals surface area contributed by atoms with Crippen molar-refractivity contribution in [3.8, 4) is 0 Å². The number of anilines is 1. The maximum absolute atomic E-state index is 12.3. The molecular weight excluding hydrogens is 444 g/mol. The van der Waals surface area contributed by atoms with E-state index >= 15 is 0 Å². The van der Waals surface area contributed by atoms with Crippen LogP contribution in [0.4, 0.5) is 5.95 Å². The van der Waals surface area contributed by atoms with Crippen LogP contribution in [0.2, 0.25) is 0 Å². The molecule has 1 aromatic carbocycles. The van der Waals surface area contributed by atoms with Crippen LogP contribution in [0, 0.1) is 5.92 Å². The number of carbonyl (C=O) groups is 1. The number of hydrogen-bond donors (Lipinski definition) is 2. The van der Waals surface area contributed by atoms with Gasteiger partial charge in [-0.25, -0.2) is 20.3 Å². The Morgan fingerprint density at radius 3 is 2.69 bits per heavy atom. The van der Waals surface area contributed by atoms with Crippen molar-refractivity contribution >= 4 is 22.8 Å². The fraction of sp³-hybridized carbons (Fsp3) is 0.500. The molecule has 1 atom stereocenters. The Morgan fingerprint density at radius 1 is 1.14 bits per heavy atom. The van der Waals surface area contributed by atoms with Gasteiger partial charge < -0.3 is 19.5 Å². The largest absolute Gasteiger partial charge is 0.350 e. The van der Waals surface area contributed by atoms with Gasteiger partial charge in [0.05, 0.1) is 5.56 Å². The molecule has 2 aliphatic heterocycles. The third kappa shape index (κ3) is 5.80. The van der Waals surface area contributed by atoms with Gasteiger partial charge in [-0.1, -0.05) is 18.2 Å². The molecule has 2 aliphatic rings. The minimum absolute atomic E-state index is 0.360. The van der Waals surface area contributed by atoms with Gasteiger partial charge in [-0.15, -0.1) is 0 Å². The summed E-state index contributed by atoms with van der Waals surface area (Å²) in [6.07, 6.45) is 7.75. The van der Waals surface area contributed by atoms with Gasteiger partial charge >= 0.3 is 0 Å². The van der Waals surface area contributed by atoms with Gasteiger partial charge in [-0.05, 0) is 55.7 Å². The van der Waals surface area contributed by atoms with Gasteiger partial charge in [0.15, 0.2) is 6.29 Å². The number of para-hydroxylation sites is 1. The van der Waals surface area contributed by atoms with E-state index < -0.39 is 0 Å². The van der Waals surface area contributed by atoms with E-state index in [1.165, 1.54) is 16.6 Å². The van der Waals surface area contributed by atoms with Gasteiger partial charge in [0.2, 0.25) is 5.95 Å². The lowest BCUT2D eigenvalue weighted by molar-refractivity contribution is -0.186. The standard InChI is InChI=1S/C26H34N6O3/c1-31-22(14-20-6-2-3-7-23(20)31)18-27-15-19-9-11-32(12-10-19)26-28-16-21(17-29-26)25(33)30-35-24-8-4-5-13-34-24/h2-3,6-7,14,16-17,19,24,27H,4-5,8-13,15,18H2,1H3,(H,30,33). The summed E-state index contributed by atoms with van der Waals surface area (Å²) >= 11 is 0. The van der Waals surface area contributed by atoms with E-state index in [0.29, 0.717) is 24.0 Å². The average Bonchev–Trinajstić information content (AvgIpc) is 3.24. The Bertz CT molecular complexity index is 1120. The predicted molar refractivity (Wildman–Crippen MR) is 134 cm³/mol. The van der Waals surface area contributed by atoms with E-state index in [1.54, 1.807) is 12.4 Å². The molecule has 2 aromatic heterocycles. The fourth-order valence-corrected chi connectivity index (χ4v) is 4.84. The number of ether oxygens (including phenoxy) is 1. The van der Waals surface area contributed by atoms with Crippen molar-refractivity contribution in [1.82, 2.24) is 25.3 Å². The molecule has 5 rings (SSSR count). The first kappa shape index (κ1) is 23.7. The number of carbonyl (C=O) groups excluding carboxylic acids is 1. The number of aryl methyl sites for hydroxylation is 1. The van der Waals surface area contributed by atoms with Gasteiger partial charge in [0, 0.05) is 63.3 Å². The monoisotopic (exact) mass is 478 g/mol. The first-order valence-electron chi connectivity index (χ1n) is 12.6. The van der Waals surface area contributed by atoms with Crippen LogP contribution in [0.15, 0.2) is 42.7 Å². The molecule has 0 radical (unpaired) electrons. The fourth-order valence-electron chi connectivity index (χ4n) is 4.84. The molecule has 2 fully saturated rings. The zero-order valence-corrected chi connectivity index (χ0v) is 20.3. The molecule has 4 heterocycles. The van der Waals surface area contributed by atoms with Crippen LogP contribution in [0.25, 0.3) is 10.9 Å². The maximum atomic E-state index is 12.3. The molecule has 0 saturated carbocycles. The Kier molecular flexibility index (Phi) is 7.56. The summed E-state index contributed by atoms with van der Waals surface area (Å²) in [7, 11) is 2.13. The van der Waals surface area contributed by atoms with Gasteiger partial charge in [0.1, 0.15) is 0 Å². The summed E-state index contributed by atoms with van der Waals surface area (Å²) < 4.78 is 7.72. The van der Waals surface area contributed by atoms with Crippen molar-refractivity contribution in [2.45, 2.75) is 44.9 Å². The molecule has 2 N–H and O–H groups in total. The summed E-state index contributed by atoms with van der Waals surface area (Å²) in [4.78, 5) is 28.7. The van der Waals surface area contributed by atoms with Crippen LogP contribution >= 0.6 is 0 Å². The summed E-state index contributed by atoms with van der Waals surface area (Å²) in [5.41, 5.74) is 5.40. The minimum Gasteiger partial charge on any atom is -0.350 e. The summed E-state index contributed by atoms with van der Waals surface area (Å²) in [6, 6.07) is 10.8. The second kappa shape index (κ2) is 11.2. The smallest absolute Gasteiger partial charge is 0.278 e. The van der Waals surface area contributed by atoms with E-state index in [4.69, 9.17) is 9.57 Å². The number of fused-ring (bicyclic) bond motifs is 1. The highest BCUT2D eigenvalue weighted by atomic mass is 16.8. The number of amides is 1. The van der Waals surface area contributed by atoms with Crippen LogP contribution in [0.5, 0.6) is 0 Å². The third-order valence-corrected chi connectivity index (χ3v) is 7.01. The number of nitrogens with zero attached hydrogens (tertiary/aromatic N) is 4. The summed E-state index contributed by atoms with van der Waals surface area (Å²) in [6.45, 7) is 4.35. The number of benzene rings is 1. The van der Waals surface area contributed by atoms with Gasteiger partial charge in [0.25, 0.3) is 5.91 Å². The Balaban J connectivity index is 1.05. The topological polar surface area (TPSA) is 93.5 Å². The second-order valence-corrected chi connectivity index (χ2v) is 9.43. The second-order valence-electron chi connectivity index (χ2n) is 9.43. The van der Waals surface area contributed by atoms with Crippen LogP contribution in [-0.4, -0.2) is 53.0 Å². The lowest BCUT2D eigenvalue weighted by atomic mass is 9.97. The average molecular weight is 479 g/mol. The van der Waals surface area contributed by atoms with E-state index in [2.05, 4.69) is 67.6 Å². The lowest BCUT2D eigenvalue weighted by Crippen LogP contribution is -2.38. The highest BCUT2D eigenvalue weighted by Crippen LogP contribution is 2.21. The van der Waals surface area contributed by atoms with Crippen LogP contribution in [0.3, 0.4) is 0 Å². The van der Waals surface area contributed by atoms with Crippen molar-refractivity contribution in [2.75, 3.05) is 31.1 Å². The molecule has 35 heavy (non-hydrogen) atoms. The Labute approximate surface area is 205 Å². The quantitative estimate of drug-likeness (QED) is 0.481. The van der Waals surface area contributed by atoms with Crippen molar-refractivity contribution in [2.24, 2.45) is 13.0 Å². The highest BCUT2D eigenvalue weighted by Gasteiger charge is 2.22. The van der Waals surface area contributed by atoms with Crippen LogP contribution in [-0.2, 0) is 23.2 Å². The first-order valence-corrected chi connectivity index (χ1v) is 12.6. The summed E-state index contributed by atoms with van der Waals surface area (Å²) in [5, 5.41) is 4.93. The van der Waals surface area contributed by atoms with Crippen molar-refractivity contribution < 1.29 is 14.4 Å². The Hall–Kier alpha value is -3.01. The number of piperidine rings is 1. The molecule has 9 heteroatoms. The van der Waals surface area contributed by atoms with E-state index in [0.717, 1.165) is 58.3 Å². The third-order valence-electron chi connectivity index (χ3n) is 7.01. The van der Waals surface area contributed by atoms with Crippen LogP contribution < -0.4 is 15.7 Å². The number of aromatic nitrogens is 3. The summed E-state index contributed by atoms with van der Waals surface area (Å²) in [5.74, 6) is 0.937. The van der Waals surface area contributed by atoms with Crippen LogP contribution in [0.1, 0.15) is 48.2 Å². The molecule has 2 saturated heterocycles. The highest BCUT2D eigenvalue weighted by molar-refractivity contribution is 5.92. The lowest BCUT2D eigenvalue weighted by Gasteiger charge is -2.32. The molecular formula is C26H34N6O3. The van der Waals surface area contributed by atoms with Gasteiger partial charge in [-0.2, -0.15) is 0 Å². The number of hydrogen-bond acceptors (Lipinski definition) is 7. The van der Waals surface area contributed by atoms with Crippen molar-refractivity contribution in [3.05, 3.63) is 54.0 Å². The number of nitrogens with one attached hydrogen (secondary N) is 2.